The molecule has 1 fully saturated rings. The quantitative estimate of drug-likeness (QED) is 0.438. The van der Waals surface area contributed by atoms with Crippen LogP contribution in [-0.4, -0.2) is 78.3 Å². The van der Waals surface area contributed by atoms with Crippen molar-refractivity contribution in [2.75, 3.05) is 45.9 Å². The highest BCUT2D eigenvalue weighted by Crippen LogP contribution is 2.33. The number of hydrazone groups is 1. The van der Waals surface area contributed by atoms with E-state index in [0.717, 1.165) is 5.56 Å². The third-order valence-corrected chi connectivity index (χ3v) is 7.04. The molecule has 9 heteroatoms. The second-order valence-corrected chi connectivity index (χ2v) is 9.56. The van der Waals surface area contributed by atoms with Gasteiger partial charge in [0.1, 0.15) is 18.2 Å². The molecule has 0 aromatic heterocycles. The number of morpholine rings is 1. The second kappa shape index (κ2) is 12.3. The van der Waals surface area contributed by atoms with Gasteiger partial charge in [-0.15, -0.1) is 0 Å². The predicted octanol–water partition coefficient (Wildman–Crippen LogP) is 4.12. The van der Waals surface area contributed by atoms with Crippen molar-refractivity contribution in [3.8, 4) is 0 Å². The van der Waals surface area contributed by atoms with E-state index in [4.69, 9.17) is 4.74 Å². The minimum atomic E-state index is -0.644. The first-order valence-corrected chi connectivity index (χ1v) is 13.0. The van der Waals surface area contributed by atoms with Crippen molar-refractivity contribution < 1.29 is 23.1 Å². The molecular formula is C30H30F2N4O3. The SMILES string of the molecule is O=C(c1ccccc1F)N(CCN1CCOCC1)CC(=O)N1N=C(c2ccccc2F)C[C@H]1c1ccccc1. The fourth-order valence-electron chi connectivity index (χ4n) is 4.91. The summed E-state index contributed by atoms with van der Waals surface area (Å²) in [4.78, 5) is 30.7. The topological polar surface area (TPSA) is 65.5 Å². The summed E-state index contributed by atoms with van der Waals surface area (Å²) in [5.41, 5.74) is 1.54. The van der Waals surface area contributed by atoms with Crippen molar-refractivity contribution in [3.05, 3.63) is 107 Å². The molecular weight excluding hydrogens is 502 g/mol. The zero-order chi connectivity index (χ0) is 27.2. The Hall–Kier alpha value is -3.95. The molecule has 2 aliphatic rings. The predicted molar refractivity (Wildman–Crippen MR) is 143 cm³/mol. The minimum absolute atomic E-state index is 0.0937. The van der Waals surface area contributed by atoms with E-state index >= 15 is 0 Å². The van der Waals surface area contributed by atoms with Crippen molar-refractivity contribution in [2.45, 2.75) is 12.5 Å². The lowest BCUT2D eigenvalue weighted by atomic mass is 9.98. The smallest absolute Gasteiger partial charge is 0.262 e. The molecule has 0 spiro atoms. The average molecular weight is 533 g/mol. The largest absolute Gasteiger partial charge is 0.379 e. The summed E-state index contributed by atoms with van der Waals surface area (Å²) in [5, 5.41) is 5.89. The molecule has 3 aromatic carbocycles. The Kier molecular flexibility index (Phi) is 8.39. The maximum Gasteiger partial charge on any atom is 0.262 e. The van der Waals surface area contributed by atoms with E-state index < -0.39 is 29.5 Å². The number of hydrogen-bond donors (Lipinski definition) is 0. The van der Waals surface area contributed by atoms with Crippen LogP contribution in [0.1, 0.15) is 33.9 Å². The monoisotopic (exact) mass is 532 g/mol. The molecule has 0 N–H and O–H groups in total. The van der Waals surface area contributed by atoms with Gasteiger partial charge in [0.05, 0.1) is 30.5 Å². The van der Waals surface area contributed by atoms with E-state index in [1.807, 2.05) is 30.3 Å². The lowest BCUT2D eigenvalue weighted by Crippen LogP contribution is -2.46. The molecule has 0 unspecified atom stereocenters. The van der Waals surface area contributed by atoms with Gasteiger partial charge in [0.25, 0.3) is 11.8 Å². The summed E-state index contributed by atoms with van der Waals surface area (Å²) in [6, 6.07) is 21.0. The summed E-state index contributed by atoms with van der Waals surface area (Å²) in [5.74, 6) is -2.06. The summed E-state index contributed by atoms with van der Waals surface area (Å²) < 4.78 is 34.6. The highest BCUT2D eigenvalue weighted by atomic mass is 19.1. The first-order chi connectivity index (χ1) is 19.0. The van der Waals surface area contributed by atoms with Crippen LogP contribution in [-0.2, 0) is 9.53 Å². The zero-order valence-corrected chi connectivity index (χ0v) is 21.5. The molecule has 0 radical (unpaired) electrons. The third-order valence-electron chi connectivity index (χ3n) is 7.04. The van der Waals surface area contributed by atoms with Crippen LogP contribution in [0.2, 0.25) is 0 Å². The van der Waals surface area contributed by atoms with Gasteiger partial charge in [-0.2, -0.15) is 5.10 Å². The Labute approximate surface area is 226 Å². The van der Waals surface area contributed by atoms with Crippen molar-refractivity contribution in [1.29, 1.82) is 0 Å². The first kappa shape index (κ1) is 26.6. The molecule has 7 nitrogen and oxygen atoms in total. The van der Waals surface area contributed by atoms with Crippen LogP contribution >= 0.6 is 0 Å². The molecule has 0 bridgehead atoms. The molecule has 1 saturated heterocycles. The standard InChI is InChI=1S/C30H30F2N4O3/c31-25-12-6-4-10-23(25)27-20-28(22-8-2-1-3-9-22)36(33-27)29(37)21-35(15-14-34-16-18-39-19-17-34)30(38)24-11-5-7-13-26(24)32/h1-13,28H,14-21H2/t28-/m0/s1. The Morgan fingerprint density at radius 2 is 1.56 bits per heavy atom. The maximum atomic E-state index is 14.6. The Morgan fingerprint density at radius 1 is 0.897 bits per heavy atom. The van der Waals surface area contributed by atoms with Crippen molar-refractivity contribution >= 4 is 17.5 Å². The van der Waals surface area contributed by atoms with Crippen LogP contribution in [0.25, 0.3) is 0 Å². The molecule has 5 rings (SSSR count). The number of carbonyl (C=O) groups excluding carboxylic acids is 2. The highest BCUT2D eigenvalue weighted by molar-refractivity contribution is 6.04. The fourth-order valence-corrected chi connectivity index (χ4v) is 4.91. The van der Waals surface area contributed by atoms with Gasteiger partial charge in [-0.3, -0.25) is 14.5 Å². The number of carbonyl (C=O) groups is 2. The van der Waals surface area contributed by atoms with Gasteiger partial charge in [-0.05, 0) is 23.8 Å². The second-order valence-electron chi connectivity index (χ2n) is 9.56. The Bertz CT molecular complexity index is 1340. The van der Waals surface area contributed by atoms with Crippen LogP contribution in [0.5, 0.6) is 0 Å². The van der Waals surface area contributed by atoms with E-state index in [2.05, 4.69) is 10.0 Å². The molecule has 3 aromatic rings. The van der Waals surface area contributed by atoms with Gasteiger partial charge in [0.2, 0.25) is 0 Å². The van der Waals surface area contributed by atoms with Crippen molar-refractivity contribution in [3.63, 3.8) is 0 Å². The molecule has 39 heavy (non-hydrogen) atoms. The molecule has 1 atom stereocenters. The summed E-state index contributed by atoms with van der Waals surface area (Å²) in [6.45, 7) is 3.08. The van der Waals surface area contributed by atoms with Crippen LogP contribution in [0.3, 0.4) is 0 Å². The zero-order valence-electron chi connectivity index (χ0n) is 21.5. The summed E-state index contributed by atoms with van der Waals surface area (Å²) in [6.07, 6.45) is 0.325. The number of hydrogen-bond acceptors (Lipinski definition) is 5. The molecule has 0 saturated carbocycles. The van der Waals surface area contributed by atoms with Gasteiger partial charge in [0, 0.05) is 38.2 Å². The maximum absolute atomic E-state index is 14.6. The van der Waals surface area contributed by atoms with Gasteiger partial charge in [-0.25, -0.2) is 13.8 Å². The van der Waals surface area contributed by atoms with Crippen molar-refractivity contribution in [2.24, 2.45) is 5.10 Å². The summed E-state index contributed by atoms with van der Waals surface area (Å²) in [7, 11) is 0. The average Bonchev–Trinajstić information content (AvgIpc) is 3.42. The number of benzene rings is 3. The van der Waals surface area contributed by atoms with E-state index in [1.54, 1.807) is 24.3 Å². The van der Waals surface area contributed by atoms with Gasteiger partial charge >= 0.3 is 0 Å². The molecule has 202 valence electrons. The lowest BCUT2D eigenvalue weighted by molar-refractivity contribution is -0.133. The van der Waals surface area contributed by atoms with Crippen LogP contribution in [0, 0.1) is 11.6 Å². The van der Waals surface area contributed by atoms with Gasteiger partial charge < -0.3 is 9.64 Å². The van der Waals surface area contributed by atoms with Crippen LogP contribution in [0.15, 0.2) is 84.0 Å². The van der Waals surface area contributed by atoms with E-state index in [1.165, 1.54) is 34.2 Å². The first-order valence-electron chi connectivity index (χ1n) is 13.0. The van der Waals surface area contributed by atoms with Crippen LogP contribution in [0.4, 0.5) is 8.78 Å². The minimum Gasteiger partial charge on any atom is -0.379 e. The molecule has 2 heterocycles. The van der Waals surface area contributed by atoms with Gasteiger partial charge in [-0.1, -0.05) is 60.7 Å². The highest BCUT2D eigenvalue weighted by Gasteiger charge is 2.35. The van der Waals surface area contributed by atoms with E-state index in [9.17, 15) is 18.4 Å². The third kappa shape index (κ3) is 6.21. The Morgan fingerprint density at radius 3 is 2.28 bits per heavy atom. The normalized spacial score (nSPS) is 17.6. The molecule has 2 amide bonds. The number of nitrogens with zero attached hydrogens (tertiary/aromatic N) is 4. The van der Waals surface area contributed by atoms with E-state index in [0.29, 0.717) is 50.5 Å². The lowest BCUT2D eigenvalue weighted by Gasteiger charge is -2.31. The van der Waals surface area contributed by atoms with Gasteiger partial charge in [0.15, 0.2) is 0 Å². The number of halogens is 2. The van der Waals surface area contributed by atoms with E-state index in [-0.39, 0.29) is 18.7 Å². The number of rotatable bonds is 8. The summed E-state index contributed by atoms with van der Waals surface area (Å²) >= 11 is 0. The number of ether oxygens (including phenoxy) is 1. The fraction of sp³-hybridized carbons (Fsp3) is 0.300. The Balaban J connectivity index is 1.42. The van der Waals surface area contributed by atoms with Crippen molar-refractivity contribution in [1.82, 2.24) is 14.8 Å². The molecule has 2 aliphatic heterocycles. The number of amides is 2. The molecule has 0 aliphatic carbocycles. The van der Waals surface area contributed by atoms with Crippen LogP contribution < -0.4 is 0 Å².